The van der Waals surface area contributed by atoms with E-state index in [0.717, 1.165) is 4.90 Å². The second kappa shape index (κ2) is 9.82. The Labute approximate surface area is 205 Å². The van der Waals surface area contributed by atoms with Gasteiger partial charge in [0.25, 0.3) is 11.6 Å². The number of rotatable bonds is 7. The van der Waals surface area contributed by atoms with Gasteiger partial charge < -0.3 is 4.42 Å². The van der Waals surface area contributed by atoms with Crippen LogP contribution >= 0.6 is 11.8 Å². The monoisotopic (exact) mass is 481 g/mol. The van der Waals surface area contributed by atoms with Gasteiger partial charge in [0.2, 0.25) is 0 Å². The number of hydrazone groups is 1. The van der Waals surface area contributed by atoms with E-state index in [9.17, 15) is 14.9 Å². The quantitative estimate of drug-likeness (QED) is 0.131. The number of carbonyl (C=O) groups excluding carboxylic acids is 1. The molecule has 1 aromatic heterocycles. The summed E-state index contributed by atoms with van der Waals surface area (Å²) in [5.41, 5.74) is 2.33. The molecule has 8 heteroatoms. The van der Waals surface area contributed by atoms with Crippen molar-refractivity contribution in [1.29, 1.82) is 0 Å². The van der Waals surface area contributed by atoms with Crippen molar-refractivity contribution in [3.05, 3.63) is 119 Å². The maximum atomic E-state index is 13.3. The van der Waals surface area contributed by atoms with Crippen LogP contribution in [0.4, 0.5) is 11.4 Å². The Morgan fingerprint density at radius 2 is 1.69 bits per heavy atom. The first-order valence-corrected chi connectivity index (χ1v) is 11.8. The van der Waals surface area contributed by atoms with Crippen LogP contribution in [0.2, 0.25) is 0 Å². The number of amides is 1. The molecule has 1 aliphatic rings. The number of hydrogen-bond acceptors (Lipinski definition) is 6. The smallest absolute Gasteiger partial charge is 0.280 e. The van der Waals surface area contributed by atoms with Gasteiger partial charge in [-0.05, 0) is 42.5 Å². The highest BCUT2D eigenvalue weighted by Gasteiger charge is 2.31. The number of hydrogen-bond donors (Lipinski definition) is 0. The molecule has 0 radical (unpaired) electrons. The molecule has 7 nitrogen and oxygen atoms in total. The van der Waals surface area contributed by atoms with Gasteiger partial charge in [0, 0.05) is 28.3 Å². The van der Waals surface area contributed by atoms with E-state index in [1.165, 1.54) is 17.1 Å². The predicted molar refractivity (Wildman–Crippen MR) is 137 cm³/mol. The summed E-state index contributed by atoms with van der Waals surface area (Å²) >= 11 is 1.59. The molecule has 172 valence electrons. The minimum absolute atomic E-state index is 0.0179. The van der Waals surface area contributed by atoms with E-state index in [0.29, 0.717) is 39.8 Å². The van der Waals surface area contributed by atoms with Crippen molar-refractivity contribution in [1.82, 2.24) is 0 Å². The van der Waals surface area contributed by atoms with Crippen LogP contribution in [-0.4, -0.2) is 22.3 Å². The number of thioether (sulfide) groups is 1. The molecule has 0 saturated carbocycles. The summed E-state index contributed by atoms with van der Waals surface area (Å²) in [5.74, 6) is 1.20. The molecule has 0 fully saturated rings. The zero-order valence-electron chi connectivity index (χ0n) is 18.4. The van der Waals surface area contributed by atoms with E-state index >= 15 is 0 Å². The molecule has 5 rings (SSSR count). The number of non-ortho nitro benzene ring substituents is 1. The second-order valence-corrected chi connectivity index (χ2v) is 8.72. The number of furan rings is 1. The molecule has 1 aliphatic heterocycles. The number of nitro benzene ring substituents is 1. The lowest BCUT2D eigenvalue weighted by molar-refractivity contribution is -0.384. The second-order valence-electron chi connectivity index (χ2n) is 7.67. The first-order chi connectivity index (χ1) is 17.1. The Balaban J connectivity index is 1.46. The largest absolute Gasteiger partial charge is 0.457 e. The maximum absolute atomic E-state index is 13.3. The van der Waals surface area contributed by atoms with Crippen molar-refractivity contribution in [3.63, 3.8) is 0 Å². The molecule has 2 heterocycles. The standard InChI is InChI=1S/C27H19N3O4S/c31-27-24(17-22-14-15-26(34-22)19-8-7-11-21(16-19)30(32)33)25(18-35-23-12-5-2-6-13-23)28-29(27)20-9-3-1-4-10-20/h1-17H,18H2/b24-17+. The van der Waals surface area contributed by atoms with Crippen LogP contribution in [0.3, 0.4) is 0 Å². The van der Waals surface area contributed by atoms with Crippen LogP contribution in [-0.2, 0) is 4.79 Å². The molecule has 0 spiro atoms. The van der Waals surface area contributed by atoms with E-state index in [1.54, 1.807) is 42.1 Å². The van der Waals surface area contributed by atoms with Gasteiger partial charge in [-0.15, -0.1) is 11.8 Å². The van der Waals surface area contributed by atoms with E-state index in [2.05, 4.69) is 5.10 Å². The van der Waals surface area contributed by atoms with E-state index < -0.39 is 4.92 Å². The lowest BCUT2D eigenvalue weighted by atomic mass is 10.1. The van der Waals surface area contributed by atoms with E-state index in [4.69, 9.17) is 4.42 Å². The van der Waals surface area contributed by atoms with Crippen molar-refractivity contribution in [2.75, 3.05) is 10.8 Å². The molecular weight excluding hydrogens is 462 g/mol. The third-order valence-corrected chi connectivity index (χ3v) is 6.35. The lowest BCUT2D eigenvalue weighted by Gasteiger charge is -2.10. The summed E-state index contributed by atoms with van der Waals surface area (Å²) in [5, 5.41) is 17.1. The Morgan fingerprint density at radius 1 is 0.943 bits per heavy atom. The SMILES string of the molecule is O=C1/C(=C/c2ccc(-c3cccc([N+](=O)[O-])c3)o2)C(CSc2ccccc2)=NN1c1ccccc1. The Kier molecular flexibility index (Phi) is 6.28. The minimum Gasteiger partial charge on any atom is -0.457 e. The van der Waals surface area contributed by atoms with Crippen molar-refractivity contribution >= 4 is 40.8 Å². The van der Waals surface area contributed by atoms with Gasteiger partial charge >= 0.3 is 0 Å². The third kappa shape index (κ3) is 4.92. The average molecular weight is 482 g/mol. The number of carbonyl (C=O) groups is 1. The fourth-order valence-electron chi connectivity index (χ4n) is 3.62. The Bertz CT molecular complexity index is 1450. The normalized spacial score (nSPS) is 14.4. The number of para-hydroxylation sites is 1. The highest BCUT2D eigenvalue weighted by molar-refractivity contribution is 8.00. The summed E-state index contributed by atoms with van der Waals surface area (Å²) in [6, 6.07) is 28.9. The summed E-state index contributed by atoms with van der Waals surface area (Å²) in [7, 11) is 0. The number of anilines is 1. The molecular formula is C27H19N3O4S. The van der Waals surface area contributed by atoms with Gasteiger partial charge in [-0.25, -0.2) is 0 Å². The molecule has 35 heavy (non-hydrogen) atoms. The molecule has 4 aromatic rings. The van der Waals surface area contributed by atoms with Crippen LogP contribution in [0.25, 0.3) is 17.4 Å². The zero-order chi connectivity index (χ0) is 24.2. The minimum atomic E-state index is -0.447. The first-order valence-electron chi connectivity index (χ1n) is 10.8. The van der Waals surface area contributed by atoms with Crippen LogP contribution in [0.15, 0.2) is 117 Å². The molecule has 0 bridgehead atoms. The van der Waals surface area contributed by atoms with Crippen molar-refractivity contribution < 1.29 is 14.1 Å². The van der Waals surface area contributed by atoms with Gasteiger partial charge in [0.15, 0.2) is 0 Å². The van der Waals surface area contributed by atoms with E-state index in [1.807, 2.05) is 60.7 Å². The molecule has 3 aromatic carbocycles. The third-order valence-electron chi connectivity index (χ3n) is 5.33. The molecule has 0 atom stereocenters. The fraction of sp³-hybridized carbons (Fsp3) is 0.0370. The average Bonchev–Trinajstić information content (AvgIpc) is 3.49. The highest BCUT2D eigenvalue weighted by Crippen LogP contribution is 2.30. The number of benzene rings is 3. The van der Waals surface area contributed by atoms with Crippen LogP contribution < -0.4 is 5.01 Å². The number of nitro groups is 1. The molecule has 0 N–H and O–H groups in total. The van der Waals surface area contributed by atoms with Gasteiger partial charge in [-0.3, -0.25) is 14.9 Å². The van der Waals surface area contributed by atoms with Crippen molar-refractivity contribution in [3.8, 4) is 11.3 Å². The summed E-state index contributed by atoms with van der Waals surface area (Å²) in [4.78, 5) is 25.1. The van der Waals surface area contributed by atoms with Crippen molar-refractivity contribution in [2.24, 2.45) is 5.10 Å². The highest BCUT2D eigenvalue weighted by atomic mass is 32.2. The summed E-state index contributed by atoms with van der Waals surface area (Å²) < 4.78 is 5.94. The Morgan fingerprint density at radius 3 is 2.43 bits per heavy atom. The predicted octanol–water partition coefficient (Wildman–Crippen LogP) is 6.43. The lowest BCUT2D eigenvalue weighted by Crippen LogP contribution is -2.21. The van der Waals surface area contributed by atoms with Gasteiger partial charge in [-0.1, -0.05) is 48.5 Å². The molecule has 0 saturated heterocycles. The van der Waals surface area contributed by atoms with E-state index in [-0.39, 0.29) is 11.6 Å². The van der Waals surface area contributed by atoms with Gasteiger partial charge in [-0.2, -0.15) is 10.1 Å². The topological polar surface area (TPSA) is 88.9 Å². The fourth-order valence-corrected chi connectivity index (χ4v) is 4.49. The molecule has 1 amide bonds. The number of nitrogens with zero attached hydrogens (tertiary/aromatic N) is 3. The van der Waals surface area contributed by atoms with Crippen LogP contribution in [0.5, 0.6) is 0 Å². The van der Waals surface area contributed by atoms with Gasteiger partial charge in [0.1, 0.15) is 11.5 Å². The zero-order valence-corrected chi connectivity index (χ0v) is 19.2. The molecule has 0 unspecified atom stereocenters. The molecule has 0 aliphatic carbocycles. The maximum Gasteiger partial charge on any atom is 0.280 e. The van der Waals surface area contributed by atoms with Gasteiger partial charge in [0.05, 0.1) is 21.9 Å². The Hall–Kier alpha value is -4.43. The van der Waals surface area contributed by atoms with Crippen molar-refractivity contribution in [2.45, 2.75) is 4.90 Å². The summed E-state index contributed by atoms with van der Waals surface area (Å²) in [6.45, 7) is 0. The summed E-state index contributed by atoms with van der Waals surface area (Å²) in [6.07, 6.45) is 1.68. The first kappa shape index (κ1) is 22.4. The van der Waals surface area contributed by atoms with Crippen LogP contribution in [0.1, 0.15) is 5.76 Å². The van der Waals surface area contributed by atoms with Crippen LogP contribution in [0, 0.1) is 10.1 Å².